The molecule has 9 aromatic carbocycles. The number of thiophene rings is 1. The minimum absolute atomic E-state index is 0.101. The van der Waals surface area contributed by atoms with E-state index in [0.29, 0.717) is 0 Å². The fourth-order valence-electron chi connectivity index (χ4n) is 9.50. The van der Waals surface area contributed by atoms with E-state index in [2.05, 4.69) is 194 Å². The molecule has 1 nitrogen and oxygen atoms in total. The summed E-state index contributed by atoms with van der Waals surface area (Å²) in [4.78, 5) is 0. The number of benzene rings is 9. The molecular weight excluding hydrogens is 683 g/mol. The zero-order valence-electron chi connectivity index (χ0n) is 30.6. The Hall–Kier alpha value is -6.48. The van der Waals surface area contributed by atoms with Crippen molar-refractivity contribution in [2.75, 3.05) is 0 Å². The Morgan fingerprint density at radius 3 is 1.82 bits per heavy atom. The molecule has 2 heteroatoms. The van der Waals surface area contributed by atoms with Gasteiger partial charge >= 0.3 is 0 Å². The molecule has 1 aliphatic carbocycles. The van der Waals surface area contributed by atoms with Crippen molar-refractivity contribution in [3.63, 3.8) is 0 Å². The lowest BCUT2D eigenvalue weighted by Gasteiger charge is -2.22. The van der Waals surface area contributed by atoms with Gasteiger partial charge in [-0.1, -0.05) is 117 Å². The molecule has 2 aromatic heterocycles. The number of hydrogen-bond donors (Lipinski definition) is 0. The normalized spacial score (nSPS) is 13.4. The average Bonchev–Trinajstić information content (AvgIpc) is 3.83. The van der Waals surface area contributed by atoms with E-state index in [9.17, 15) is 0 Å². The van der Waals surface area contributed by atoms with E-state index in [-0.39, 0.29) is 5.41 Å². The molecule has 11 aromatic rings. The molecule has 0 aliphatic heterocycles. The van der Waals surface area contributed by atoms with Gasteiger partial charge in [0.05, 0.1) is 11.0 Å². The van der Waals surface area contributed by atoms with Gasteiger partial charge in [-0.15, -0.1) is 11.3 Å². The predicted molar refractivity (Wildman–Crippen MR) is 237 cm³/mol. The molecule has 0 saturated heterocycles. The third kappa shape index (κ3) is 4.52. The highest BCUT2D eigenvalue weighted by molar-refractivity contribution is 7.25. The van der Waals surface area contributed by atoms with Crippen molar-refractivity contribution in [1.29, 1.82) is 0 Å². The summed E-state index contributed by atoms with van der Waals surface area (Å²) in [5.74, 6) is 0. The van der Waals surface area contributed by atoms with Crippen molar-refractivity contribution < 1.29 is 0 Å². The number of fused-ring (bicyclic) bond motifs is 11. The monoisotopic (exact) mass is 717 g/mol. The second-order valence-electron chi connectivity index (χ2n) is 15.8. The van der Waals surface area contributed by atoms with Crippen LogP contribution in [-0.4, -0.2) is 4.57 Å². The van der Waals surface area contributed by atoms with Crippen LogP contribution in [0.15, 0.2) is 176 Å². The topological polar surface area (TPSA) is 4.93 Å². The molecular formula is C53H35NS. The molecule has 258 valence electrons. The third-order valence-corrected chi connectivity index (χ3v) is 13.5. The molecule has 0 spiro atoms. The summed E-state index contributed by atoms with van der Waals surface area (Å²) in [5.41, 5.74) is 14.0. The minimum Gasteiger partial charge on any atom is -0.309 e. The molecule has 0 N–H and O–H groups in total. The summed E-state index contributed by atoms with van der Waals surface area (Å²) >= 11 is 1.88. The summed E-state index contributed by atoms with van der Waals surface area (Å²) in [6.45, 7) is 4.76. The number of hydrogen-bond acceptors (Lipinski definition) is 1. The van der Waals surface area contributed by atoms with E-state index in [0.717, 1.165) is 0 Å². The lowest BCUT2D eigenvalue weighted by atomic mass is 9.81. The standard InChI is InChI=1S/C53H35NS/c1-53(2)47-29-35(32-10-4-3-5-11-32)17-21-41(47)42-22-18-36(30-48(42)53)34-19-23-50-45(27-34)43-12-6-8-14-49(43)54(50)40-20-16-33-24-39-31-52-46(28-38(39)25-37(33)26-40)44-13-7-9-15-51(44)55-52/h3-31H,1-2H3. The van der Waals surface area contributed by atoms with Gasteiger partial charge in [0.2, 0.25) is 0 Å². The first kappa shape index (κ1) is 30.9. The fourth-order valence-corrected chi connectivity index (χ4v) is 10.6. The summed E-state index contributed by atoms with van der Waals surface area (Å²) in [6.07, 6.45) is 0. The van der Waals surface area contributed by atoms with Gasteiger partial charge < -0.3 is 4.57 Å². The van der Waals surface area contributed by atoms with Gasteiger partial charge in [0.15, 0.2) is 0 Å². The molecule has 0 amide bonds. The second kappa shape index (κ2) is 11.3. The van der Waals surface area contributed by atoms with Gasteiger partial charge in [0.1, 0.15) is 0 Å². The summed E-state index contributed by atoms with van der Waals surface area (Å²) in [7, 11) is 0. The maximum atomic E-state index is 2.44. The average molecular weight is 718 g/mol. The quantitative estimate of drug-likeness (QED) is 0.160. The van der Waals surface area contributed by atoms with E-state index in [1.807, 2.05) is 11.3 Å². The van der Waals surface area contributed by atoms with Crippen LogP contribution in [0.1, 0.15) is 25.0 Å². The van der Waals surface area contributed by atoms with Crippen molar-refractivity contribution in [2.45, 2.75) is 19.3 Å². The number of nitrogens with zero attached hydrogens (tertiary/aromatic N) is 1. The molecule has 0 saturated carbocycles. The highest BCUT2D eigenvalue weighted by atomic mass is 32.1. The molecule has 0 atom stereocenters. The molecule has 12 rings (SSSR count). The third-order valence-electron chi connectivity index (χ3n) is 12.3. The highest BCUT2D eigenvalue weighted by Crippen LogP contribution is 2.51. The smallest absolute Gasteiger partial charge is 0.0541 e. The Morgan fingerprint density at radius 2 is 1.00 bits per heavy atom. The van der Waals surface area contributed by atoms with Crippen LogP contribution < -0.4 is 0 Å². The Morgan fingerprint density at radius 1 is 0.382 bits per heavy atom. The van der Waals surface area contributed by atoms with Crippen LogP contribution in [0.5, 0.6) is 0 Å². The van der Waals surface area contributed by atoms with Crippen molar-refractivity contribution in [3.05, 3.63) is 187 Å². The van der Waals surface area contributed by atoms with Crippen LogP contribution in [-0.2, 0) is 5.41 Å². The summed E-state index contributed by atoms with van der Waals surface area (Å²) < 4.78 is 5.14. The fraction of sp³-hybridized carbons (Fsp3) is 0.0566. The van der Waals surface area contributed by atoms with E-state index in [1.165, 1.54) is 114 Å². The van der Waals surface area contributed by atoms with Crippen LogP contribution in [0, 0.1) is 0 Å². The maximum Gasteiger partial charge on any atom is 0.0541 e. The van der Waals surface area contributed by atoms with Crippen LogP contribution in [0.25, 0.3) is 103 Å². The minimum atomic E-state index is -0.101. The largest absolute Gasteiger partial charge is 0.309 e. The van der Waals surface area contributed by atoms with Gasteiger partial charge in [-0.3, -0.25) is 0 Å². The van der Waals surface area contributed by atoms with E-state index in [4.69, 9.17) is 0 Å². The van der Waals surface area contributed by atoms with Crippen LogP contribution in [0.3, 0.4) is 0 Å². The van der Waals surface area contributed by atoms with Crippen LogP contribution in [0.2, 0.25) is 0 Å². The maximum absolute atomic E-state index is 2.44. The summed E-state index contributed by atoms with van der Waals surface area (Å²) in [5, 5.41) is 10.3. The zero-order valence-corrected chi connectivity index (χ0v) is 31.4. The Bertz CT molecular complexity index is 3400. The van der Waals surface area contributed by atoms with Gasteiger partial charge in [0, 0.05) is 42.0 Å². The first-order chi connectivity index (χ1) is 27.0. The van der Waals surface area contributed by atoms with Gasteiger partial charge in [0.25, 0.3) is 0 Å². The van der Waals surface area contributed by atoms with Crippen LogP contribution in [0.4, 0.5) is 0 Å². The SMILES string of the molecule is CC1(C)c2cc(-c3ccccc3)ccc2-c2ccc(-c3ccc4c(c3)c3ccccc3n4-c3ccc4cc5cc6sc7ccccc7c6cc5cc4c3)cc21. The van der Waals surface area contributed by atoms with Crippen LogP contribution >= 0.6 is 11.3 Å². The molecule has 0 fully saturated rings. The molecule has 55 heavy (non-hydrogen) atoms. The zero-order chi connectivity index (χ0) is 36.4. The first-order valence-electron chi connectivity index (χ1n) is 19.2. The van der Waals surface area contributed by atoms with Crippen molar-refractivity contribution >= 4 is 74.9 Å². The highest BCUT2D eigenvalue weighted by Gasteiger charge is 2.36. The van der Waals surface area contributed by atoms with Crippen molar-refractivity contribution in [3.8, 4) is 39.1 Å². The lowest BCUT2D eigenvalue weighted by Crippen LogP contribution is -2.15. The van der Waals surface area contributed by atoms with E-state index >= 15 is 0 Å². The Labute approximate surface area is 323 Å². The number of para-hydroxylation sites is 1. The second-order valence-corrected chi connectivity index (χ2v) is 16.9. The number of rotatable bonds is 3. The predicted octanol–water partition coefficient (Wildman–Crippen LogP) is 15.1. The summed E-state index contributed by atoms with van der Waals surface area (Å²) in [6, 6.07) is 65.9. The number of aromatic nitrogens is 1. The molecule has 2 heterocycles. The van der Waals surface area contributed by atoms with Gasteiger partial charge in [-0.2, -0.15) is 0 Å². The van der Waals surface area contributed by atoms with Crippen molar-refractivity contribution in [1.82, 2.24) is 4.57 Å². The molecule has 1 aliphatic rings. The lowest BCUT2D eigenvalue weighted by molar-refractivity contribution is 0.661. The van der Waals surface area contributed by atoms with E-state index in [1.54, 1.807) is 0 Å². The molecule has 0 radical (unpaired) electrons. The van der Waals surface area contributed by atoms with Crippen molar-refractivity contribution in [2.24, 2.45) is 0 Å². The van der Waals surface area contributed by atoms with E-state index < -0.39 is 0 Å². The molecule has 0 unspecified atom stereocenters. The van der Waals surface area contributed by atoms with Gasteiger partial charge in [-0.05, 0) is 139 Å². The van der Waals surface area contributed by atoms with Gasteiger partial charge in [-0.25, -0.2) is 0 Å². The Kier molecular flexibility index (Phi) is 6.34. The molecule has 0 bridgehead atoms. The Balaban J connectivity index is 0.967. The first-order valence-corrected chi connectivity index (χ1v) is 20.0.